The number of para-hydroxylation sites is 1. The smallest absolute Gasteiger partial charge is 0.361 e. The van der Waals surface area contributed by atoms with Crippen LogP contribution in [0.1, 0.15) is 56.9 Å². The average Bonchev–Trinajstić information content (AvgIpc) is 3.37. The van der Waals surface area contributed by atoms with Crippen LogP contribution in [0.5, 0.6) is 0 Å². The van der Waals surface area contributed by atoms with E-state index in [9.17, 15) is 26.4 Å². The van der Waals surface area contributed by atoms with Crippen molar-refractivity contribution in [2.24, 2.45) is 5.92 Å². The summed E-state index contributed by atoms with van der Waals surface area (Å²) in [6.45, 7) is 9.92. The summed E-state index contributed by atoms with van der Waals surface area (Å²) in [5.74, 6) is -0.485. The number of fused-ring (bicyclic) bond motifs is 1. The standard InChI is InChI=1S/C34H40F3N3O3S/c1-24(2)21-40(44(42,43)29-16-14-27(15-17-29)33(3,4)5)23-32(41)39(22-25-10-12-28(13-11-25)34(35,36)37)19-18-26-20-38-31-9-7-6-8-30(26)31/h6-17,20,24,38H,18-19,21-23H2,1-5H3. The van der Waals surface area contributed by atoms with E-state index in [1.54, 1.807) is 24.3 Å². The van der Waals surface area contributed by atoms with Crippen LogP contribution in [-0.2, 0) is 39.4 Å². The van der Waals surface area contributed by atoms with Crippen molar-refractivity contribution in [3.8, 4) is 0 Å². The van der Waals surface area contributed by atoms with E-state index in [-0.39, 0.29) is 35.9 Å². The van der Waals surface area contributed by atoms with Crippen LogP contribution in [0.4, 0.5) is 13.2 Å². The number of carbonyl (C=O) groups is 1. The largest absolute Gasteiger partial charge is 0.416 e. The van der Waals surface area contributed by atoms with Gasteiger partial charge in [-0.25, -0.2) is 8.42 Å². The molecule has 0 aliphatic rings. The zero-order valence-electron chi connectivity index (χ0n) is 25.8. The fraction of sp³-hybridized carbons (Fsp3) is 0.382. The second-order valence-corrected chi connectivity index (χ2v) is 14.5. The summed E-state index contributed by atoms with van der Waals surface area (Å²) in [6.07, 6.45) is -2.12. The van der Waals surface area contributed by atoms with Crippen molar-refractivity contribution in [3.05, 3.63) is 101 Å². The van der Waals surface area contributed by atoms with Crippen molar-refractivity contribution in [2.75, 3.05) is 19.6 Å². The highest BCUT2D eigenvalue weighted by molar-refractivity contribution is 7.89. The van der Waals surface area contributed by atoms with Crippen molar-refractivity contribution in [1.29, 1.82) is 0 Å². The third-order valence-corrected chi connectivity index (χ3v) is 9.40. The molecule has 0 saturated carbocycles. The predicted octanol–water partition coefficient (Wildman–Crippen LogP) is 7.40. The Morgan fingerprint density at radius 2 is 1.50 bits per heavy atom. The Morgan fingerprint density at radius 3 is 2.09 bits per heavy atom. The lowest BCUT2D eigenvalue weighted by Crippen LogP contribution is -2.44. The molecule has 0 fully saturated rings. The molecule has 4 rings (SSSR count). The number of sulfonamides is 1. The third-order valence-electron chi connectivity index (χ3n) is 7.57. The van der Waals surface area contributed by atoms with Gasteiger partial charge >= 0.3 is 6.18 Å². The summed E-state index contributed by atoms with van der Waals surface area (Å²) in [6, 6.07) is 19.2. The van der Waals surface area contributed by atoms with Crippen LogP contribution in [0.25, 0.3) is 10.9 Å². The summed E-state index contributed by atoms with van der Waals surface area (Å²) in [5, 5.41) is 1.01. The van der Waals surface area contributed by atoms with Crippen LogP contribution >= 0.6 is 0 Å². The van der Waals surface area contributed by atoms with Gasteiger partial charge in [0.1, 0.15) is 0 Å². The number of hydrogen-bond acceptors (Lipinski definition) is 3. The Labute approximate surface area is 257 Å². The Bertz CT molecular complexity index is 1670. The number of benzene rings is 3. The first-order valence-corrected chi connectivity index (χ1v) is 16.1. The van der Waals surface area contributed by atoms with Crippen molar-refractivity contribution < 1.29 is 26.4 Å². The molecule has 0 aliphatic carbocycles. The van der Waals surface area contributed by atoms with Crippen LogP contribution in [0, 0.1) is 5.92 Å². The van der Waals surface area contributed by atoms with E-state index in [4.69, 9.17) is 0 Å². The minimum Gasteiger partial charge on any atom is -0.361 e. The molecule has 1 N–H and O–H groups in total. The average molecular weight is 628 g/mol. The Kier molecular flexibility index (Phi) is 9.95. The van der Waals surface area contributed by atoms with Gasteiger partial charge in [-0.3, -0.25) is 4.79 Å². The van der Waals surface area contributed by atoms with Gasteiger partial charge in [-0.05, 0) is 64.8 Å². The predicted molar refractivity (Wildman–Crippen MR) is 168 cm³/mol. The summed E-state index contributed by atoms with van der Waals surface area (Å²) in [7, 11) is -4.01. The first-order valence-electron chi connectivity index (χ1n) is 14.7. The van der Waals surface area contributed by atoms with Crippen LogP contribution in [0.3, 0.4) is 0 Å². The number of alkyl halides is 3. The minimum atomic E-state index is -4.47. The second kappa shape index (κ2) is 13.2. The molecule has 3 aromatic carbocycles. The molecule has 4 aromatic rings. The maximum Gasteiger partial charge on any atom is 0.416 e. The number of amides is 1. The molecule has 0 aliphatic heterocycles. The maximum absolute atomic E-state index is 13.9. The topological polar surface area (TPSA) is 73.5 Å². The van der Waals surface area contributed by atoms with E-state index in [2.05, 4.69) is 4.98 Å². The van der Waals surface area contributed by atoms with Gasteiger partial charge in [0.25, 0.3) is 0 Å². The molecule has 1 heterocycles. The van der Waals surface area contributed by atoms with Crippen LogP contribution in [-0.4, -0.2) is 48.1 Å². The Balaban J connectivity index is 1.61. The maximum atomic E-state index is 13.9. The first kappa shape index (κ1) is 33.3. The molecule has 0 unspecified atom stereocenters. The number of H-pyrrole nitrogens is 1. The molecular weight excluding hydrogens is 587 g/mol. The zero-order chi connectivity index (χ0) is 32.3. The van der Waals surface area contributed by atoms with Gasteiger partial charge in [-0.1, -0.05) is 77.1 Å². The van der Waals surface area contributed by atoms with Gasteiger partial charge in [0.05, 0.1) is 17.0 Å². The number of halogens is 3. The molecule has 44 heavy (non-hydrogen) atoms. The molecule has 0 radical (unpaired) electrons. The number of hydrogen-bond donors (Lipinski definition) is 1. The zero-order valence-corrected chi connectivity index (χ0v) is 26.6. The first-order chi connectivity index (χ1) is 20.6. The highest BCUT2D eigenvalue weighted by Gasteiger charge is 2.31. The molecule has 0 atom stereocenters. The SMILES string of the molecule is CC(C)CN(CC(=O)N(CCc1c[nH]c2ccccc12)Cc1ccc(C(F)(F)F)cc1)S(=O)(=O)c1ccc(C(C)(C)C)cc1. The Morgan fingerprint density at radius 1 is 0.886 bits per heavy atom. The monoisotopic (exact) mass is 627 g/mol. The van der Waals surface area contributed by atoms with Crippen LogP contribution in [0.2, 0.25) is 0 Å². The molecule has 0 saturated heterocycles. The summed E-state index contributed by atoms with van der Waals surface area (Å²) in [5.41, 5.74) is 2.51. The molecule has 6 nitrogen and oxygen atoms in total. The van der Waals surface area contributed by atoms with E-state index in [1.807, 2.05) is 65.1 Å². The number of nitrogens with zero attached hydrogens (tertiary/aromatic N) is 2. The third kappa shape index (κ3) is 8.09. The van der Waals surface area contributed by atoms with Gasteiger partial charge in [-0.15, -0.1) is 0 Å². The lowest BCUT2D eigenvalue weighted by atomic mass is 9.87. The quantitative estimate of drug-likeness (QED) is 0.188. The number of aromatic amines is 1. The number of carbonyl (C=O) groups excluding carboxylic acids is 1. The van der Waals surface area contributed by atoms with Crippen molar-refractivity contribution in [3.63, 3.8) is 0 Å². The van der Waals surface area contributed by atoms with E-state index < -0.39 is 34.2 Å². The van der Waals surface area contributed by atoms with Crippen LogP contribution in [0.15, 0.2) is 83.9 Å². The summed E-state index contributed by atoms with van der Waals surface area (Å²) < 4.78 is 68.3. The van der Waals surface area contributed by atoms with Gasteiger partial charge in [-0.2, -0.15) is 17.5 Å². The van der Waals surface area contributed by atoms with Gasteiger partial charge in [0, 0.05) is 36.7 Å². The minimum absolute atomic E-state index is 0.0369. The van der Waals surface area contributed by atoms with E-state index >= 15 is 0 Å². The summed E-state index contributed by atoms with van der Waals surface area (Å²) >= 11 is 0. The molecular formula is C34H40F3N3O3S. The van der Waals surface area contributed by atoms with Crippen molar-refractivity contribution in [2.45, 2.75) is 64.1 Å². The molecule has 0 bridgehead atoms. The van der Waals surface area contributed by atoms with E-state index in [0.29, 0.717) is 12.0 Å². The molecule has 0 spiro atoms. The van der Waals surface area contributed by atoms with Gasteiger partial charge < -0.3 is 9.88 Å². The molecule has 10 heteroatoms. The van der Waals surface area contributed by atoms with Crippen molar-refractivity contribution >= 4 is 26.8 Å². The normalized spacial score (nSPS) is 12.8. The fourth-order valence-corrected chi connectivity index (χ4v) is 6.64. The highest BCUT2D eigenvalue weighted by atomic mass is 32.2. The summed E-state index contributed by atoms with van der Waals surface area (Å²) in [4.78, 5) is 18.7. The number of rotatable bonds is 11. The lowest BCUT2D eigenvalue weighted by Gasteiger charge is -2.29. The van der Waals surface area contributed by atoms with Crippen LogP contribution < -0.4 is 0 Å². The molecule has 1 amide bonds. The van der Waals surface area contributed by atoms with E-state index in [1.165, 1.54) is 21.3 Å². The lowest BCUT2D eigenvalue weighted by molar-refractivity contribution is -0.137. The van der Waals surface area contributed by atoms with Gasteiger partial charge in [0.2, 0.25) is 15.9 Å². The highest BCUT2D eigenvalue weighted by Crippen LogP contribution is 2.30. The molecule has 1 aromatic heterocycles. The molecule has 236 valence electrons. The number of nitrogens with one attached hydrogen (secondary N) is 1. The number of aromatic nitrogens is 1. The van der Waals surface area contributed by atoms with Gasteiger partial charge in [0.15, 0.2) is 0 Å². The fourth-order valence-electron chi connectivity index (χ4n) is 5.09. The second-order valence-electron chi connectivity index (χ2n) is 12.6. The Hall–Kier alpha value is -3.63. The van der Waals surface area contributed by atoms with Crippen molar-refractivity contribution in [1.82, 2.24) is 14.2 Å². The van der Waals surface area contributed by atoms with E-state index in [0.717, 1.165) is 34.2 Å².